The highest BCUT2D eigenvalue weighted by atomic mass is 19.1. The van der Waals surface area contributed by atoms with Crippen molar-refractivity contribution in [3.63, 3.8) is 0 Å². The Morgan fingerprint density at radius 1 is 0.979 bits per heavy atom. The first kappa shape index (κ1) is 33.7. The molecule has 48 heavy (non-hydrogen) atoms. The van der Waals surface area contributed by atoms with Gasteiger partial charge in [0.15, 0.2) is 17.3 Å². The molecule has 0 aliphatic carbocycles. The van der Waals surface area contributed by atoms with Gasteiger partial charge in [-0.25, -0.2) is 22.9 Å². The van der Waals surface area contributed by atoms with Crippen LogP contribution in [0.1, 0.15) is 35.9 Å². The number of hydrogen-bond acceptors (Lipinski definition) is 8. The average Bonchev–Trinajstić information content (AvgIpc) is 3.04. The Bertz CT molecular complexity index is 1970. The number of benzene rings is 2. The van der Waals surface area contributed by atoms with Crippen LogP contribution >= 0.6 is 0 Å². The number of anilines is 2. The third kappa shape index (κ3) is 7.47. The third-order valence-corrected chi connectivity index (χ3v) is 7.68. The number of pyridine rings is 1. The van der Waals surface area contributed by atoms with Gasteiger partial charge in [-0.05, 0) is 57.3 Å². The number of piperazine rings is 1. The number of halogens is 2. The number of rotatable bonds is 9. The Morgan fingerprint density at radius 3 is 2.33 bits per heavy atom. The number of carbonyl (C=O) groups excluding carboxylic acids is 2. The first-order valence-electron chi connectivity index (χ1n) is 15.1. The van der Waals surface area contributed by atoms with E-state index in [1.807, 2.05) is 7.05 Å². The summed E-state index contributed by atoms with van der Waals surface area (Å²) in [6.07, 6.45) is 3.76. The second-order valence-corrected chi connectivity index (χ2v) is 11.4. The molecule has 2 aromatic heterocycles. The van der Waals surface area contributed by atoms with Crippen molar-refractivity contribution in [2.75, 3.05) is 43.9 Å². The van der Waals surface area contributed by atoms with E-state index < -0.39 is 40.4 Å². The Balaban J connectivity index is 1.37. The number of aromatic nitrogens is 3. The second kappa shape index (κ2) is 14.4. The molecule has 3 amide bonds. The van der Waals surface area contributed by atoms with Crippen LogP contribution in [0.2, 0.25) is 0 Å². The van der Waals surface area contributed by atoms with Crippen molar-refractivity contribution in [3.8, 4) is 17.2 Å². The number of ether oxygens (including phenoxy) is 1. The molecule has 2 aromatic carbocycles. The predicted octanol–water partition coefficient (Wildman–Crippen LogP) is 4.27. The lowest BCUT2D eigenvalue weighted by Crippen LogP contribution is -2.48. The fourth-order valence-electron chi connectivity index (χ4n) is 4.99. The molecule has 1 aliphatic rings. The highest BCUT2D eigenvalue weighted by Gasteiger charge is 2.22. The van der Waals surface area contributed by atoms with Gasteiger partial charge in [-0.3, -0.25) is 19.1 Å². The van der Waals surface area contributed by atoms with Crippen molar-refractivity contribution in [3.05, 3.63) is 105 Å². The largest absolute Gasteiger partial charge is 0.452 e. The maximum absolute atomic E-state index is 15.3. The summed E-state index contributed by atoms with van der Waals surface area (Å²) in [6, 6.07) is 9.04. The van der Waals surface area contributed by atoms with Crippen LogP contribution in [0.3, 0.4) is 0 Å². The van der Waals surface area contributed by atoms with Gasteiger partial charge in [0.2, 0.25) is 0 Å². The molecule has 13 nitrogen and oxygen atoms in total. The summed E-state index contributed by atoms with van der Waals surface area (Å²) in [5.41, 5.74) is -1.34. The van der Waals surface area contributed by atoms with Crippen LogP contribution in [0.15, 0.2) is 70.5 Å². The van der Waals surface area contributed by atoms with E-state index in [-0.39, 0.29) is 35.3 Å². The van der Waals surface area contributed by atoms with E-state index in [0.717, 1.165) is 48.3 Å². The van der Waals surface area contributed by atoms with Crippen molar-refractivity contribution in [2.24, 2.45) is 0 Å². The number of amides is 3. The maximum atomic E-state index is 15.3. The molecular weight excluding hydrogens is 626 g/mol. The zero-order valence-electron chi connectivity index (χ0n) is 26.5. The van der Waals surface area contributed by atoms with Crippen molar-refractivity contribution in [1.29, 1.82) is 5.41 Å². The maximum Gasteiger partial charge on any atom is 0.335 e. The SMILES string of the molecule is CC(C)n1cc(C(=O)Nc2ccc(Oc3cc(NC(=O)N4CCN(C)CC4)cnc3CC=N)c(F)c2)c(=O)n(-c2ccc(F)cc2)c1=O. The Morgan fingerprint density at radius 2 is 1.69 bits per heavy atom. The van der Waals surface area contributed by atoms with Gasteiger partial charge < -0.3 is 30.6 Å². The minimum absolute atomic E-state index is 0.00842. The lowest BCUT2D eigenvalue weighted by Gasteiger charge is -2.32. The fraction of sp³-hybridized carbons (Fsp3) is 0.273. The smallest absolute Gasteiger partial charge is 0.335 e. The number of urea groups is 1. The summed E-state index contributed by atoms with van der Waals surface area (Å²) in [5.74, 6) is -2.45. The standard InChI is InChI=1S/C33H34F2N8O5/c1-20(2)42-19-25(31(45)43(33(42)47)24-7-4-21(34)5-8-24)30(44)38-22-6-9-28(26(35)16-22)48-29-17-23(18-37-27(29)10-11-36)39-32(46)41-14-12-40(3)13-15-41/h4-9,11,16-20,36H,10,12-15H2,1-3H3,(H,38,44)(H,39,46). The molecule has 0 saturated carbocycles. The third-order valence-electron chi connectivity index (χ3n) is 7.68. The lowest BCUT2D eigenvalue weighted by atomic mass is 10.2. The molecule has 3 heterocycles. The predicted molar refractivity (Wildman–Crippen MR) is 176 cm³/mol. The monoisotopic (exact) mass is 660 g/mol. The van der Waals surface area contributed by atoms with Crippen molar-refractivity contribution in [2.45, 2.75) is 26.3 Å². The van der Waals surface area contributed by atoms with E-state index in [1.54, 1.807) is 18.7 Å². The topological polar surface area (TPSA) is 155 Å². The van der Waals surface area contributed by atoms with Crippen LogP contribution in [0, 0.1) is 17.0 Å². The highest BCUT2D eigenvalue weighted by molar-refractivity contribution is 6.04. The molecule has 0 radical (unpaired) electrons. The second-order valence-electron chi connectivity index (χ2n) is 11.4. The van der Waals surface area contributed by atoms with Gasteiger partial charge in [0.25, 0.3) is 11.5 Å². The number of nitrogens with zero attached hydrogens (tertiary/aromatic N) is 5. The average molecular weight is 661 g/mol. The van der Waals surface area contributed by atoms with Crippen LogP contribution in [-0.2, 0) is 6.42 Å². The molecule has 1 fully saturated rings. The normalized spacial score (nSPS) is 13.3. The Kier molecular flexibility index (Phi) is 10.1. The van der Waals surface area contributed by atoms with E-state index in [0.29, 0.717) is 24.5 Å². The Labute approximate surface area is 273 Å². The zero-order valence-corrected chi connectivity index (χ0v) is 26.5. The summed E-state index contributed by atoms with van der Waals surface area (Å²) in [4.78, 5) is 60.6. The van der Waals surface area contributed by atoms with Gasteiger partial charge in [0.05, 0.1) is 23.3 Å². The van der Waals surface area contributed by atoms with Crippen LogP contribution in [0.25, 0.3) is 5.69 Å². The van der Waals surface area contributed by atoms with Gasteiger partial charge in [-0.2, -0.15) is 0 Å². The van der Waals surface area contributed by atoms with Crippen molar-refractivity contribution in [1.82, 2.24) is 23.9 Å². The summed E-state index contributed by atoms with van der Waals surface area (Å²) in [5, 5.41) is 12.8. The van der Waals surface area contributed by atoms with Crippen molar-refractivity contribution >= 4 is 29.5 Å². The van der Waals surface area contributed by atoms with Gasteiger partial charge in [0.1, 0.15) is 11.4 Å². The summed E-state index contributed by atoms with van der Waals surface area (Å²) in [7, 11) is 1.98. The number of hydrogen-bond donors (Lipinski definition) is 3. The van der Waals surface area contributed by atoms with Gasteiger partial charge in [0, 0.05) is 68.9 Å². The van der Waals surface area contributed by atoms with Crippen molar-refractivity contribution < 1.29 is 23.1 Å². The molecule has 4 aromatic rings. The first-order chi connectivity index (χ1) is 22.9. The molecule has 0 spiro atoms. The minimum Gasteiger partial charge on any atom is -0.452 e. The van der Waals surface area contributed by atoms with Gasteiger partial charge in [-0.15, -0.1) is 0 Å². The Hall–Kier alpha value is -5.70. The van der Waals surface area contributed by atoms with Crippen LogP contribution in [0.4, 0.5) is 25.0 Å². The van der Waals surface area contributed by atoms with Gasteiger partial charge >= 0.3 is 11.7 Å². The van der Waals surface area contributed by atoms with E-state index in [4.69, 9.17) is 10.1 Å². The number of nitrogens with one attached hydrogen (secondary N) is 3. The van der Waals surface area contributed by atoms with Crippen LogP contribution in [-0.4, -0.2) is 75.3 Å². The molecule has 0 atom stereocenters. The van der Waals surface area contributed by atoms with E-state index in [9.17, 15) is 23.6 Å². The summed E-state index contributed by atoms with van der Waals surface area (Å²) >= 11 is 0. The van der Waals surface area contributed by atoms with E-state index >= 15 is 4.39 Å². The molecule has 1 aliphatic heterocycles. The van der Waals surface area contributed by atoms with E-state index in [2.05, 4.69) is 20.5 Å². The highest BCUT2D eigenvalue weighted by Crippen LogP contribution is 2.31. The molecule has 1 saturated heterocycles. The van der Waals surface area contributed by atoms with E-state index in [1.165, 1.54) is 41.1 Å². The molecule has 0 unspecified atom stereocenters. The lowest BCUT2D eigenvalue weighted by molar-refractivity contribution is 0.102. The minimum atomic E-state index is -0.938. The number of carbonyl (C=O) groups is 2. The van der Waals surface area contributed by atoms with Gasteiger partial charge in [-0.1, -0.05) is 0 Å². The molecule has 3 N–H and O–H groups in total. The molecule has 250 valence electrons. The number of likely N-dealkylation sites (N-methyl/N-ethyl adjacent to an activating group) is 1. The summed E-state index contributed by atoms with van der Waals surface area (Å²) < 4.78 is 36.7. The summed E-state index contributed by atoms with van der Waals surface area (Å²) in [6.45, 7) is 5.99. The van der Waals surface area contributed by atoms with Crippen LogP contribution in [0.5, 0.6) is 11.5 Å². The fourth-order valence-corrected chi connectivity index (χ4v) is 4.99. The molecule has 5 rings (SSSR count). The molecule has 0 bridgehead atoms. The molecular formula is C33H34F2N8O5. The first-order valence-corrected chi connectivity index (χ1v) is 15.1. The molecule has 15 heteroatoms. The zero-order chi connectivity index (χ0) is 34.5. The van der Waals surface area contributed by atoms with Crippen LogP contribution < -0.4 is 26.6 Å². The quantitative estimate of drug-likeness (QED) is 0.227.